The summed E-state index contributed by atoms with van der Waals surface area (Å²) < 4.78 is 27.9. The highest BCUT2D eigenvalue weighted by molar-refractivity contribution is 7.89. The van der Waals surface area contributed by atoms with Crippen molar-refractivity contribution in [3.05, 3.63) is 65.9 Å². The number of fused-ring (bicyclic) bond motifs is 2. The van der Waals surface area contributed by atoms with Gasteiger partial charge in [-0.05, 0) is 73.7 Å². The van der Waals surface area contributed by atoms with E-state index in [1.54, 1.807) is 16.6 Å². The van der Waals surface area contributed by atoms with Crippen LogP contribution in [0.25, 0.3) is 10.9 Å². The Morgan fingerprint density at radius 1 is 1.00 bits per heavy atom. The van der Waals surface area contributed by atoms with E-state index in [1.807, 2.05) is 54.3 Å². The fourth-order valence-electron chi connectivity index (χ4n) is 4.80. The lowest BCUT2D eigenvalue weighted by molar-refractivity contribution is -0.121. The molecule has 2 aromatic carbocycles. The molecule has 33 heavy (non-hydrogen) atoms. The molecule has 1 amide bonds. The van der Waals surface area contributed by atoms with Gasteiger partial charge in [-0.1, -0.05) is 12.1 Å². The minimum Gasteiger partial charge on any atom is -0.324 e. The number of aromatic nitrogens is 1. The van der Waals surface area contributed by atoms with Gasteiger partial charge >= 0.3 is 0 Å². The zero-order valence-corrected chi connectivity index (χ0v) is 19.5. The number of carbonyl (C=O) groups is 1. The van der Waals surface area contributed by atoms with E-state index >= 15 is 0 Å². The minimum atomic E-state index is -3.53. The molecule has 1 fully saturated rings. The first-order chi connectivity index (χ1) is 15.9. The van der Waals surface area contributed by atoms with E-state index in [2.05, 4.69) is 10.3 Å². The Morgan fingerprint density at radius 2 is 1.79 bits per heavy atom. The zero-order chi connectivity index (χ0) is 23.0. The molecule has 1 aliphatic heterocycles. The molecule has 8 heteroatoms. The van der Waals surface area contributed by atoms with Crippen molar-refractivity contribution in [3.8, 4) is 0 Å². The van der Waals surface area contributed by atoms with Gasteiger partial charge in [0.25, 0.3) is 0 Å². The summed E-state index contributed by atoms with van der Waals surface area (Å²) in [5.41, 5.74) is 3.98. The second-order valence-corrected chi connectivity index (χ2v) is 10.7. The first kappa shape index (κ1) is 22.0. The van der Waals surface area contributed by atoms with Crippen molar-refractivity contribution in [3.63, 3.8) is 0 Å². The van der Waals surface area contributed by atoms with Crippen LogP contribution in [0.5, 0.6) is 0 Å². The Morgan fingerprint density at radius 3 is 2.61 bits per heavy atom. The average molecular weight is 465 g/mol. The SMILES string of the molecule is CC(C(=O)Nc1cccc2ncccc12)N1CCN(S(=O)(=O)c2ccc3c(c2)CCC3)CC1. The maximum Gasteiger partial charge on any atom is 0.243 e. The monoisotopic (exact) mass is 464 g/mol. The number of benzene rings is 2. The molecule has 7 nitrogen and oxygen atoms in total. The highest BCUT2D eigenvalue weighted by Gasteiger charge is 2.32. The molecule has 0 bridgehead atoms. The highest BCUT2D eigenvalue weighted by Crippen LogP contribution is 2.27. The molecule has 1 aromatic heterocycles. The molecular weight excluding hydrogens is 436 g/mol. The molecule has 1 saturated heterocycles. The van der Waals surface area contributed by atoms with Gasteiger partial charge in [-0.15, -0.1) is 0 Å². The maximum atomic E-state index is 13.2. The van der Waals surface area contributed by atoms with Crippen molar-refractivity contribution < 1.29 is 13.2 Å². The lowest BCUT2D eigenvalue weighted by Gasteiger charge is -2.36. The number of amides is 1. The van der Waals surface area contributed by atoms with Crippen LogP contribution in [0.4, 0.5) is 5.69 Å². The number of hydrogen-bond donors (Lipinski definition) is 1. The fraction of sp³-hybridized carbons (Fsp3) is 0.360. The van der Waals surface area contributed by atoms with E-state index in [4.69, 9.17) is 0 Å². The van der Waals surface area contributed by atoms with Crippen molar-refractivity contribution in [2.45, 2.75) is 37.1 Å². The van der Waals surface area contributed by atoms with Crippen LogP contribution >= 0.6 is 0 Å². The molecule has 2 aliphatic rings. The lowest BCUT2D eigenvalue weighted by Crippen LogP contribution is -2.53. The normalized spacial score (nSPS) is 18.2. The van der Waals surface area contributed by atoms with Gasteiger partial charge in [0.15, 0.2) is 0 Å². The van der Waals surface area contributed by atoms with E-state index in [9.17, 15) is 13.2 Å². The van der Waals surface area contributed by atoms with E-state index in [0.717, 1.165) is 41.4 Å². The Kier molecular flexibility index (Phi) is 5.90. The van der Waals surface area contributed by atoms with Gasteiger partial charge in [-0.25, -0.2) is 8.42 Å². The number of pyridine rings is 1. The summed E-state index contributed by atoms with van der Waals surface area (Å²) in [5.74, 6) is -0.110. The number of aryl methyl sites for hydroxylation is 2. The molecule has 1 aliphatic carbocycles. The summed E-state index contributed by atoms with van der Waals surface area (Å²) in [5, 5.41) is 3.91. The molecule has 2 heterocycles. The molecule has 3 aromatic rings. The second-order valence-electron chi connectivity index (χ2n) is 8.77. The summed E-state index contributed by atoms with van der Waals surface area (Å²) in [6.45, 7) is 3.62. The minimum absolute atomic E-state index is 0.110. The Bertz CT molecular complexity index is 1290. The van der Waals surface area contributed by atoms with Gasteiger partial charge in [0.2, 0.25) is 15.9 Å². The summed E-state index contributed by atoms with van der Waals surface area (Å²) in [6.07, 6.45) is 4.80. The van der Waals surface area contributed by atoms with Crippen LogP contribution in [0.2, 0.25) is 0 Å². The Balaban J connectivity index is 1.23. The molecule has 5 rings (SSSR count). The standard InChI is InChI=1S/C25H28N4O3S/c1-18(25(30)27-24-9-3-8-23-22(24)7-4-12-26-23)28-13-15-29(16-14-28)33(31,32)21-11-10-19-5-2-6-20(19)17-21/h3-4,7-12,17-18H,2,5-6,13-16H2,1H3,(H,27,30). The van der Waals surface area contributed by atoms with Crippen LogP contribution in [0, 0.1) is 0 Å². The van der Waals surface area contributed by atoms with E-state index in [-0.39, 0.29) is 11.9 Å². The number of anilines is 1. The van der Waals surface area contributed by atoms with Crippen LogP contribution in [0.3, 0.4) is 0 Å². The number of carbonyl (C=O) groups excluding carboxylic acids is 1. The molecule has 1 atom stereocenters. The third kappa shape index (κ3) is 4.26. The fourth-order valence-corrected chi connectivity index (χ4v) is 6.28. The number of nitrogens with zero attached hydrogens (tertiary/aromatic N) is 3. The van der Waals surface area contributed by atoms with E-state index in [1.165, 1.54) is 5.56 Å². The predicted molar refractivity (Wildman–Crippen MR) is 129 cm³/mol. The smallest absolute Gasteiger partial charge is 0.243 e. The van der Waals surface area contributed by atoms with Crippen molar-refractivity contribution in [1.29, 1.82) is 0 Å². The molecule has 0 saturated carbocycles. The number of hydrogen-bond acceptors (Lipinski definition) is 5. The largest absolute Gasteiger partial charge is 0.324 e. The van der Waals surface area contributed by atoms with E-state index in [0.29, 0.717) is 31.1 Å². The number of sulfonamides is 1. The van der Waals surface area contributed by atoms with Crippen LogP contribution in [0.15, 0.2) is 59.6 Å². The molecule has 0 spiro atoms. The van der Waals surface area contributed by atoms with Crippen molar-refractivity contribution in [2.24, 2.45) is 0 Å². The van der Waals surface area contributed by atoms with Crippen LogP contribution in [0.1, 0.15) is 24.5 Å². The van der Waals surface area contributed by atoms with Gasteiger partial charge in [-0.2, -0.15) is 4.31 Å². The van der Waals surface area contributed by atoms with E-state index < -0.39 is 10.0 Å². The third-order valence-electron chi connectivity index (χ3n) is 6.81. The summed E-state index contributed by atoms with van der Waals surface area (Å²) in [4.78, 5) is 19.7. The van der Waals surface area contributed by atoms with Crippen LogP contribution < -0.4 is 5.32 Å². The van der Waals surface area contributed by atoms with Gasteiger partial charge in [0.05, 0.1) is 22.1 Å². The predicted octanol–water partition coefficient (Wildman–Crippen LogP) is 3.06. The third-order valence-corrected chi connectivity index (χ3v) is 8.71. The topological polar surface area (TPSA) is 82.6 Å². The van der Waals surface area contributed by atoms with Crippen LogP contribution in [-0.4, -0.2) is 60.7 Å². The van der Waals surface area contributed by atoms with Crippen molar-refractivity contribution in [2.75, 3.05) is 31.5 Å². The lowest BCUT2D eigenvalue weighted by atomic mass is 10.1. The number of piperazine rings is 1. The second kappa shape index (κ2) is 8.85. The van der Waals surface area contributed by atoms with Crippen LogP contribution in [-0.2, 0) is 27.7 Å². The summed E-state index contributed by atoms with van der Waals surface area (Å²) >= 11 is 0. The quantitative estimate of drug-likeness (QED) is 0.628. The number of rotatable bonds is 5. The molecule has 1 N–H and O–H groups in total. The molecular formula is C25H28N4O3S. The first-order valence-corrected chi connectivity index (χ1v) is 12.9. The zero-order valence-electron chi connectivity index (χ0n) is 18.7. The summed E-state index contributed by atoms with van der Waals surface area (Å²) in [6, 6.07) is 14.6. The van der Waals surface area contributed by atoms with Gasteiger partial charge in [0, 0.05) is 37.8 Å². The van der Waals surface area contributed by atoms with Gasteiger partial charge in [-0.3, -0.25) is 14.7 Å². The highest BCUT2D eigenvalue weighted by atomic mass is 32.2. The van der Waals surface area contributed by atoms with Crippen molar-refractivity contribution in [1.82, 2.24) is 14.2 Å². The van der Waals surface area contributed by atoms with Gasteiger partial charge < -0.3 is 5.32 Å². The average Bonchev–Trinajstić information content (AvgIpc) is 3.32. The number of nitrogens with one attached hydrogen (secondary N) is 1. The Labute approximate surface area is 194 Å². The summed E-state index contributed by atoms with van der Waals surface area (Å²) in [7, 11) is -3.53. The molecule has 1 unspecified atom stereocenters. The molecule has 172 valence electrons. The molecule has 0 radical (unpaired) electrons. The Hall–Kier alpha value is -2.81. The van der Waals surface area contributed by atoms with Crippen molar-refractivity contribution >= 4 is 32.5 Å². The first-order valence-electron chi connectivity index (χ1n) is 11.4. The van der Waals surface area contributed by atoms with Gasteiger partial charge in [0.1, 0.15) is 0 Å². The maximum absolute atomic E-state index is 13.2.